The van der Waals surface area contributed by atoms with Gasteiger partial charge >= 0.3 is 0 Å². The van der Waals surface area contributed by atoms with Crippen LogP contribution < -0.4 is 4.57 Å². The van der Waals surface area contributed by atoms with Gasteiger partial charge in [-0.05, 0) is 78.8 Å². The molecule has 5 heteroatoms. The Morgan fingerprint density at radius 3 is 2.29 bits per heavy atom. The maximum Gasteiger partial charge on any atom is 0.227 e. The first-order valence-corrected chi connectivity index (χ1v) is 14.3. The molecule has 0 N–H and O–H groups in total. The van der Waals surface area contributed by atoms with Crippen LogP contribution in [0, 0.1) is 30.6 Å². The monoisotopic (exact) mass is 550 g/mol. The Kier molecular flexibility index (Phi) is 5.75. The predicted octanol–water partition coefficient (Wildman–Crippen LogP) is 9.12. The number of furan rings is 2. The number of benzene rings is 3. The number of fused-ring (bicyclic) bond motifs is 6. The van der Waals surface area contributed by atoms with Gasteiger partial charge in [-0.1, -0.05) is 39.0 Å². The Hall–Kier alpha value is -4.95. The molecule has 0 saturated heterocycles. The molecule has 7 rings (SSSR count). The standard InChI is InChI=1S/C37H32N3O2/c1-21-7-11-27-28-14-10-25(20-38)33(24-9-13-26-29-12-8-22(2)39-36(29)41-31(26)18-24)35(28)42-34(27)32(21)30-17-23(15-16-40(30)6)19-37(3,4)5/h7-18H,19H2,1-6H3/q+1. The normalized spacial score (nSPS) is 12.1. The van der Waals surface area contributed by atoms with Crippen LogP contribution in [-0.2, 0) is 13.5 Å². The van der Waals surface area contributed by atoms with E-state index in [2.05, 4.69) is 80.8 Å². The zero-order chi connectivity index (χ0) is 29.3. The predicted molar refractivity (Wildman–Crippen MR) is 168 cm³/mol. The lowest BCUT2D eigenvalue weighted by atomic mass is 9.87. The molecule has 0 fully saturated rings. The van der Waals surface area contributed by atoms with Crippen LogP contribution in [-0.4, -0.2) is 4.98 Å². The second kappa shape index (κ2) is 9.29. The largest absolute Gasteiger partial charge is 0.454 e. The SMILES string of the molecule is Cc1ccc2c(n1)oc1cc(-c3c(C#N)ccc4c3oc3c(-c5cc(CC(C)(C)C)cc[n+]5C)c(C)ccc34)ccc12. The second-order valence-corrected chi connectivity index (χ2v) is 12.6. The summed E-state index contributed by atoms with van der Waals surface area (Å²) in [5.41, 5.74) is 10.8. The molecular weight excluding hydrogens is 518 g/mol. The Labute approximate surface area is 244 Å². The van der Waals surface area contributed by atoms with Gasteiger partial charge < -0.3 is 8.83 Å². The lowest BCUT2D eigenvalue weighted by Gasteiger charge is -2.18. The molecule has 0 aliphatic rings. The quantitative estimate of drug-likeness (QED) is 0.206. The Morgan fingerprint density at radius 2 is 1.52 bits per heavy atom. The summed E-state index contributed by atoms with van der Waals surface area (Å²) in [7, 11) is 2.08. The Morgan fingerprint density at radius 1 is 0.810 bits per heavy atom. The summed E-state index contributed by atoms with van der Waals surface area (Å²) in [4.78, 5) is 4.57. The molecule has 3 aromatic carbocycles. The van der Waals surface area contributed by atoms with Gasteiger partial charge in [-0.2, -0.15) is 5.26 Å². The highest BCUT2D eigenvalue weighted by Crippen LogP contribution is 2.43. The molecule has 0 radical (unpaired) electrons. The molecule has 0 atom stereocenters. The molecule has 42 heavy (non-hydrogen) atoms. The average Bonchev–Trinajstić information content (AvgIpc) is 3.49. The number of hydrogen-bond donors (Lipinski definition) is 0. The van der Waals surface area contributed by atoms with E-state index in [1.807, 2.05) is 49.4 Å². The summed E-state index contributed by atoms with van der Waals surface area (Å²) >= 11 is 0. The van der Waals surface area contributed by atoms with Crippen LogP contribution >= 0.6 is 0 Å². The molecule has 4 heterocycles. The minimum absolute atomic E-state index is 0.177. The van der Waals surface area contributed by atoms with Crippen molar-refractivity contribution < 1.29 is 13.4 Å². The fourth-order valence-corrected chi connectivity index (χ4v) is 6.19. The fraction of sp³-hybridized carbons (Fsp3) is 0.216. The first kappa shape index (κ1) is 26.0. The number of aromatic nitrogens is 2. The zero-order valence-corrected chi connectivity index (χ0v) is 24.8. The topological polar surface area (TPSA) is 66.8 Å². The van der Waals surface area contributed by atoms with Crippen LogP contribution in [0.25, 0.3) is 66.4 Å². The molecule has 0 bridgehead atoms. The summed E-state index contributed by atoms with van der Waals surface area (Å²) in [6, 6.07) is 25.2. The molecule has 206 valence electrons. The number of pyridine rings is 2. The first-order chi connectivity index (χ1) is 20.1. The number of hydrogen-bond acceptors (Lipinski definition) is 4. The minimum Gasteiger partial charge on any atom is -0.454 e. The molecule has 4 aromatic heterocycles. The minimum atomic E-state index is 0.177. The number of rotatable bonds is 3. The van der Waals surface area contributed by atoms with Gasteiger partial charge in [-0.15, -0.1) is 0 Å². The number of nitrogens with zero attached hydrogens (tertiary/aromatic N) is 3. The number of nitriles is 1. The molecule has 0 unspecified atom stereocenters. The van der Waals surface area contributed by atoms with Gasteiger partial charge in [-0.3, -0.25) is 0 Å². The maximum atomic E-state index is 10.2. The molecule has 5 nitrogen and oxygen atoms in total. The zero-order valence-electron chi connectivity index (χ0n) is 24.8. The maximum absolute atomic E-state index is 10.2. The molecule has 7 aromatic rings. The van der Waals surface area contributed by atoms with E-state index in [1.165, 1.54) is 5.56 Å². The molecule has 0 aliphatic carbocycles. The fourth-order valence-electron chi connectivity index (χ4n) is 6.19. The summed E-state index contributed by atoms with van der Waals surface area (Å²) in [6.45, 7) is 10.9. The van der Waals surface area contributed by atoms with Gasteiger partial charge in [0.2, 0.25) is 11.4 Å². The van der Waals surface area contributed by atoms with E-state index in [4.69, 9.17) is 8.83 Å². The number of aryl methyl sites for hydroxylation is 3. The van der Waals surface area contributed by atoms with Crippen molar-refractivity contribution in [1.82, 2.24) is 4.98 Å². The smallest absolute Gasteiger partial charge is 0.227 e. The van der Waals surface area contributed by atoms with Crippen LogP contribution in [0.2, 0.25) is 0 Å². The van der Waals surface area contributed by atoms with E-state index in [0.717, 1.165) is 72.8 Å². The van der Waals surface area contributed by atoms with Gasteiger partial charge in [-0.25, -0.2) is 9.55 Å². The van der Waals surface area contributed by atoms with E-state index in [1.54, 1.807) is 0 Å². The van der Waals surface area contributed by atoms with E-state index in [0.29, 0.717) is 16.9 Å². The van der Waals surface area contributed by atoms with Crippen molar-refractivity contribution in [3.05, 3.63) is 95.3 Å². The average molecular weight is 551 g/mol. The lowest BCUT2D eigenvalue weighted by molar-refractivity contribution is -0.660. The van der Waals surface area contributed by atoms with E-state index < -0.39 is 0 Å². The van der Waals surface area contributed by atoms with E-state index in [-0.39, 0.29) is 5.41 Å². The van der Waals surface area contributed by atoms with Gasteiger partial charge in [0.25, 0.3) is 0 Å². The third-order valence-electron chi connectivity index (χ3n) is 8.11. The van der Waals surface area contributed by atoms with Crippen molar-refractivity contribution >= 4 is 44.0 Å². The van der Waals surface area contributed by atoms with Crippen molar-refractivity contribution in [3.63, 3.8) is 0 Å². The van der Waals surface area contributed by atoms with Gasteiger partial charge in [0.05, 0.1) is 17.2 Å². The second-order valence-electron chi connectivity index (χ2n) is 12.6. The molecule has 0 amide bonds. The van der Waals surface area contributed by atoms with Crippen LogP contribution in [0.4, 0.5) is 0 Å². The summed E-state index contributed by atoms with van der Waals surface area (Å²) in [6.07, 6.45) is 3.11. The van der Waals surface area contributed by atoms with Crippen LogP contribution in [0.15, 0.2) is 81.8 Å². The first-order valence-electron chi connectivity index (χ1n) is 14.3. The lowest BCUT2D eigenvalue weighted by Crippen LogP contribution is -2.31. The van der Waals surface area contributed by atoms with E-state index in [9.17, 15) is 5.26 Å². The molecule has 0 spiro atoms. The van der Waals surface area contributed by atoms with Crippen LogP contribution in [0.5, 0.6) is 0 Å². The Balaban J connectivity index is 1.49. The van der Waals surface area contributed by atoms with Crippen molar-refractivity contribution in [1.29, 1.82) is 5.26 Å². The molecule has 0 aliphatic heterocycles. The van der Waals surface area contributed by atoms with Crippen molar-refractivity contribution in [2.45, 2.75) is 41.0 Å². The third kappa shape index (κ3) is 4.14. The summed E-state index contributed by atoms with van der Waals surface area (Å²) in [5, 5.41) is 14.2. The van der Waals surface area contributed by atoms with Crippen LogP contribution in [0.1, 0.15) is 43.2 Å². The summed E-state index contributed by atoms with van der Waals surface area (Å²) < 4.78 is 15.1. The highest BCUT2D eigenvalue weighted by atomic mass is 16.3. The van der Waals surface area contributed by atoms with Gasteiger partial charge in [0.15, 0.2) is 6.20 Å². The van der Waals surface area contributed by atoms with Crippen LogP contribution in [0.3, 0.4) is 0 Å². The van der Waals surface area contributed by atoms with Gasteiger partial charge in [0.1, 0.15) is 23.8 Å². The summed E-state index contributed by atoms with van der Waals surface area (Å²) in [5.74, 6) is 0. The van der Waals surface area contributed by atoms with Crippen molar-refractivity contribution in [2.75, 3.05) is 0 Å². The van der Waals surface area contributed by atoms with E-state index >= 15 is 0 Å². The molecular formula is C37H32N3O2+. The third-order valence-corrected chi connectivity index (χ3v) is 8.11. The Bertz CT molecular complexity index is 2250. The highest BCUT2D eigenvalue weighted by molar-refractivity contribution is 6.14. The van der Waals surface area contributed by atoms with Gasteiger partial charge in [0, 0.05) is 44.9 Å². The highest BCUT2D eigenvalue weighted by Gasteiger charge is 2.24. The molecule has 0 saturated carbocycles. The van der Waals surface area contributed by atoms with Crippen molar-refractivity contribution in [3.8, 4) is 28.5 Å². The van der Waals surface area contributed by atoms with Crippen molar-refractivity contribution in [2.24, 2.45) is 12.5 Å².